The van der Waals surface area contributed by atoms with Crippen molar-refractivity contribution in [2.24, 2.45) is 0 Å². The Kier molecular flexibility index (Phi) is 2.47. The monoisotopic (exact) mass is 243 g/mol. The van der Waals surface area contributed by atoms with E-state index in [4.69, 9.17) is 16.7 Å². The molecule has 1 heterocycles. The molecule has 0 unspecified atom stereocenters. The third kappa shape index (κ3) is 1.59. The van der Waals surface area contributed by atoms with E-state index in [1.807, 2.05) is 0 Å². The summed E-state index contributed by atoms with van der Waals surface area (Å²) in [5.74, 6) is -3.02. The van der Waals surface area contributed by atoms with Crippen molar-refractivity contribution in [3.63, 3.8) is 0 Å². The van der Waals surface area contributed by atoms with Crippen LogP contribution in [0.2, 0.25) is 5.02 Å². The van der Waals surface area contributed by atoms with Crippen LogP contribution in [0.4, 0.5) is 8.78 Å². The SMILES string of the molecule is O=C(O)c1cnc2c(F)cc(F)cc2c1Cl. The molecule has 6 heteroatoms. The highest BCUT2D eigenvalue weighted by Gasteiger charge is 2.15. The normalized spacial score (nSPS) is 10.7. The van der Waals surface area contributed by atoms with Crippen molar-refractivity contribution in [3.8, 4) is 0 Å². The lowest BCUT2D eigenvalue weighted by Crippen LogP contribution is -2.00. The number of halogens is 3. The third-order valence-corrected chi connectivity index (χ3v) is 2.46. The predicted molar refractivity (Wildman–Crippen MR) is 53.6 cm³/mol. The fourth-order valence-electron chi connectivity index (χ4n) is 1.34. The number of aromatic carboxylic acids is 1. The fraction of sp³-hybridized carbons (Fsp3) is 0. The molecule has 2 rings (SSSR count). The summed E-state index contributed by atoms with van der Waals surface area (Å²) in [6.07, 6.45) is 0.938. The second-order valence-corrected chi connectivity index (χ2v) is 3.45. The lowest BCUT2D eigenvalue weighted by Gasteiger charge is -2.04. The Morgan fingerprint density at radius 1 is 1.38 bits per heavy atom. The molecule has 0 spiro atoms. The van der Waals surface area contributed by atoms with E-state index in [0.717, 1.165) is 12.3 Å². The minimum atomic E-state index is -1.30. The van der Waals surface area contributed by atoms with Gasteiger partial charge >= 0.3 is 5.97 Å². The second kappa shape index (κ2) is 3.68. The van der Waals surface area contributed by atoms with Gasteiger partial charge in [-0.3, -0.25) is 4.98 Å². The van der Waals surface area contributed by atoms with Gasteiger partial charge in [-0.25, -0.2) is 13.6 Å². The molecule has 1 aromatic carbocycles. The van der Waals surface area contributed by atoms with E-state index in [9.17, 15) is 13.6 Å². The summed E-state index contributed by atoms with van der Waals surface area (Å²) >= 11 is 5.73. The number of fused-ring (bicyclic) bond motifs is 1. The van der Waals surface area contributed by atoms with Crippen molar-refractivity contribution in [1.29, 1.82) is 0 Å². The molecule has 0 atom stereocenters. The average Bonchev–Trinajstić information content (AvgIpc) is 2.19. The van der Waals surface area contributed by atoms with Gasteiger partial charge in [-0.15, -0.1) is 0 Å². The number of carboxylic acids is 1. The van der Waals surface area contributed by atoms with E-state index >= 15 is 0 Å². The van der Waals surface area contributed by atoms with Crippen LogP contribution in [-0.4, -0.2) is 16.1 Å². The van der Waals surface area contributed by atoms with Gasteiger partial charge < -0.3 is 5.11 Å². The highest BCUT2D eigenvalue weighted by molar-refractivity contribution is 6.38. The van der Waals surface area contributed by atoms with Crippen LogP contribution in [0.15, 0.2) is 18.3 Å². The van der Waals surface area contributed by atoms with Gasteiger partial charge in [0.1, 0.15) is 11.3 Å². The summed E-state index contributed by atoms with van der Waals surface area (Å²) < 4.78 is 26.2. The van der Waals surface area contributed by atoms with Crippen molar-refractivity contribution in [2.75, 3.05) is 0 Å². The molecule has 0 bridgehead atoms. The largest absolute Gasteiger partial charge is 0.478 e. The van der Waals surface area contributed by atoms with Gasteiger partial charge in [-0.2, -0.15) is 0 Å². The van der Waals surface area contributed by atoms with Crippen LogP contribution in [0.1, 0.15) is 10.4 Å². The van der Waals surface area contributed by atoms with Crippen molar-refractivity contribution in [3.05, 3.63) is 40.6 Å². The molecule has 1 N–H and O–H groups in total. The zero-order valence-corrected chi connectivity index (χ0v) is 8.42. The van der Waals surface area contributed by atoms with E-state index in [1.54, 1.807) is 0 Å². The Hall–Kier alpha value is -1.75. The standard InChI is InChI=1S/C10H4ClF2NO2/c11-8-5-1-4(12)2-7(13)9(5)14-3-6(8)10(15)16/h1-3H,(H,15,16). The zero-order valence-electron chi connectivity index (χ0n) is 7.67. The average molecular weight is 244 g/mol. The maximum atomic E-state index is 13.3. The molecule has 0 saturated heterocycles. The number of carboxylic acid groups (broad SMARTS) is 1. The lowest BCUT2D eigenvalue weighted by atomic mass is 10.1. The van der Waals surface area contributed by atoms with Crippen LogP contribution in [0.5, 0.6) is 0 Å². The highest BCUT2D eigenvalue weighted by Crippen LogP contribution is 2.28. The molecule has 0 radical (unpaired) electrons. The smallest absolute Gasteiger partial charge is 0.338 e. The molecule has 1 aromatic heterocycles. The van der Waals surface area contributed by atoms with Crippen LogP contribution in [0, 0.1) is 11.6 Å². The Morgan fingerprint density at radius 3 is 2.69 bits per heavy atom. The number of carbonyl (C=O) groups is 1. The number of nitrogens with zero attached hydrogens (tertiary/aromatic N) is 1. The van der Waals surface area contributed by atoms with Crippen molar-refractivity contribution in [2.45, 2.75) is 0 Å². The van der Waals surface area contributed by atoms with Gasteiger partial charge in [0.2, 0.25) is 0 Å². The molecule has 3 nitrogen and oxygen atoms in total. The van der Waals surface area contributed by atoms with Crippen LogP contribution in [0.25, 0.3) is 10.9 Å². The molecule has 82 valence electrons. The first-order chi connectivity index (χ1) is 7.50. The summed E-state index contributed by atoms with van der Waals surface area (Å²) in [6.45, 7) is 0. The maximum absolute atomic E-state index is 13.3. The lowest BCUT2D eigenvalue weighted by molar-refractivity contribution is 0.0697. The van der Waals surface area contributed by atoms with Gasteiger partial charge in [0.15, 0.2) is 5.82 Å². The molecule has 0 aliphatic rings. The Morgan fingerprint density at radius 2 is 2.06 bits per heavy atom. The van der Waals surface area contributed by atoms with E-state index in [-0.39, 0.29) is 21.5 Å². The molecule has 0 aliphatic carbocycles. The molecular weight excluding hydrogens is 240 g/mol. The first-order valence-electron chi connectivity index (χ1n) is 4.17. The van der Waals surface area contributed by atoms with Gasteiger partial charge in [0.05, 0.1) is 10.6 Å². The molecule has 0 aliphatic heterocycles. The summed E-state index contributed by atoms with van der Waals surface area (Å²) in [5.41, 5.74) is -0.449. The maximum Gasteiger partial charge on any atom is 0.338 e. The van der Waals surface area contributed by atoms with Gasteiger partial charge in [0.25, 0.3) is 0 Å². The first kappa shape index (κ1) is 10.8. The molecule has 0 fully saturated rings. The summed E-state index contributed by atoms with van der Waals surface area (Å²) in [4.78, 5) is 14.3. The highest BCUT2D eigenvalue weighted by atomic mass is 35.5. The number of hydrogen-bond donors (Lipinski definition) is 1. The summed E-state index contributed by atoms with van der Waals surface area (Å²) in [6, 6.07) is 1.60. The summed E-state index contributed by atoms with van der Waals surface area (Å²) in [7, 11) is 0. The van der Waals surface area contributed by atoms with E-state index in [1.165, 1.54) is 0 Å². The number of aromatic nitrogens is 1. The summed E-state index contributed by atoms with van der Waals surface area (Å²) in [5, 5.41) is 8.47. The Balaban J connectivity index is 2.89. The quantitative estimate of drug-likeness (QED) is 0.838. The number of benzene rings is 1. The second-order valence-electron chi connectivity index (χ2n) is 3.07. The zero-order chi connectivity index (χ0) is 11.9. The molecule has 2 aromatic rings. The minimum Gasteiger partial charge on any atom is -0.478 e. The van der Waals surface area contributed by atoms with E-state index in [0.29, 0.717) is 6.07 Å². The third-order valence-electron chi connectivity index (χ3n) is 2.05. The Bertz CT molecular complexity index is 601. The fourth-order valence-corrected chi connectivity index (χ4v) is 1.62. The minimum absolute atomic E-state index is 0.0564. The number of pyridine rings is 1. The van der Waals surface area contributed by atoms with Crippen LogP contribution in [0.3, 0.4) is 0 Å². The molecule has 16 heavy (non-hydrogen) atoms. The number of rotatable bonds is 1. The Labute approximate surface area is 93.3 Å². The molecular formula is C10H4ClF2NO2. The van der Waals surface area contributed by atoms with Crippen molar-refractivity contribution >= 4 is 28.5 Å². The first-order valence-corrected chi connectivity index (χ1v) is 4.55. The number of hydrogen-bond acceptors (Lipinski definition) is 2. The van der Waals surface area contributed by atoms with Gasteiger partial charge in [-0.1, -0.05) is 11.6 Å². The van der Waals surface area contributed by atoms with Crippen LogP contribution in [-0.2, 0) is 0 Å². The van der Waals surface area contributed by atoms with Gasteiger partial charge in [0, 0.05) is 17.6 Å². The van der Waals surface area contributed by atoms with Crippen LogP contribution < -0.4 is 0 Å². The van der Waals surface area contributed by atoms with Crippen molar-refractivity contribution in [1.82, 2.24) is 4.98 Å². The topological polar surface area (TPSA) is 50.2 Å². The molecule has 0 saturated carbocycles. The van der Waals surface area contributed by atoms with E-state index < -0.39 is 17.6 Å². The van der Waals surface area contributed by atoms with Gasteiger partial charge in [-0.05, 0) is 6.07 Å². The van der Waals surface area contributed by atoms with E-state index in [2.05, 4.69) is 4.98 Å². The molecule has 0 amide bonds. The predicted octanol–water partition coefficient (Wildman–Crippen LogP) is 2.86. The van der Waals surface area contributed by atoms with Crippen molar-refractivity contribution < 1.29 is 18.7 Å². The van der Waals surface area contributed by atoms with Crippen LogP contribution >= 0.6 is 11.6 Å².